The van der Waals surface area contributed by atoms with E-state index in [9.17, 15) is 10.4 Å². The second-order valence-corrected chi connectivity index (χ2v) is 10.8. The molecule has 1 aliphatic carbocycles. The third-order valence-corrected chi connectivity index (χ3v) is 6.69. The number of hydrogen-bond acceptors (Lipinski definition) is 9. The minimum Gasteiger partial charge on any atom is -0.487 e. The van der Waals surface area contributed by atoms with Crippen molar-refractivity contribution >= 4 is 23.8 Å². The summed E-state index contributed by atoms with van der Waals surface area (Å²) in [5.74, 6) is 1.21. The first-order valence-corrected chi connectivity index (χ1v) is 13.9. The molecule has 0 amide bonds. The van der Waals surface area contributed by atoms with Crippen LogP contribution in [0.1, 0.15) is 76.5 Å². The third-order valence-electron chi connectivity index (χ3n) is 6.69. The SMILES string of the molecule is C=C(/N=C\C(=C/N)c1ccc(C#N)c(O[C@@H](C)CNC=N)c1)Nc1cn(C2CCCCC2)nc1OCCC(C)(C)O. The summed E-state index contributed by atoms with van der Waals surface area (Å²) in [6, 6.07) is 7.64. The first-order valence-electron chi connectivity index (χ1n) is 13.9. The van der Waals surface area contributed by atoms with Gasteiger partial charge in [-0.2, -0.15) is 5.26 Å². The Morgan fingerprint density at radius 3 is 2.80 bits per heavy atom. The molecule has 41 heavy (non-hydrogen) atoms. The predicted molar refractivity (Wildman–Crippen MR) is 162 cm³/mol. The molecule has 0 bridgehead atoms. The number of allylic oxidation sites excluding steroid dienone is 1. The van der Waals surface area contributed by atoms with Gasteiger partial charge in [0.25, 0.3) is 5.88 Å². The maximum absolute atomic E-state index is 10.1. The Morgan fingerprint density at radius 2 is 2.15 bits per heavy atom. The molecule has 2 aromatic rings. The standard InChI is InChI=1S/C30H42N8O3/c1-21(17-34-20-33)41-28-14-23(10-11-24(28)15-31)25(16-32)18-35-22(2)36-27-19-38(26-8-6-5-7-9-26)37-29(27)40-13-12-30(3,4)39/h10-11,14,16,18-21,26,36,39H,2,5-9,12-13,17,32H2,1,3-4H3,(H2,33,34)/b25-16+,35-18-/t21-/m0/s1. The van der Waals surface area contributed by atoms with E-state index in [2.05, 4.69) is 28.3 Å². The number of nitrogens with one attached hydrogen (secondary N) is 3. The topological polar surface area (TPSA) is 167 Å². The average molecular weight is 563 g/mol. The quantitative estimate of drug-likeness (QED) is 0.154. The first-order chi connectivity index (χ1) is 19.6. The predicted octanol–water partition coefficient (Wildman–Crippen LogP) is 4.72. The van der Waals surface area contributed by atoms with Gasteiger partial charge in [-0.3, -0.25) is 10.1 Å². The zero-order chi connectivity index (χ0) is 29.8. The number of rotatable bonds is 15. The van der Waals surface area contributed by atoms with Gasteiger partial charge >= 0.3 is 0 Å². The fourth-order valence-corrected chi connectivity index (χ4v) is 4.42. The average Bonchev–Trinajstić information content (AvgIpc) is 3.34. The first kappa shape index (κ1) is 31.2. The molecule has 0 spiro atoms. The van der Waals surface area contributed by atoms with Gasteiger partial charge in [-0.1, -0.05) is 31.9 Å². The summed E-state index contributed by atoms with van der Waals surface area (Å²) in [5, 5.41) is 37.4. The van der Waals surface area contributed by atoms with Gasteiger partial charge in [-0.25, -0.2) is 4.99 Å². The van der Waals surface area contributed by atoms with E-state index in [-0.39, 0.29) is 6.10 Å². The third kappa shape index (κ3) is 9.69. The molecule has 0 saturated heterocycles. The van der Waals surface area contributed by atoms with E-state index < -0.39 is 5.60 Å². The minimum absolute atomic E-state index is 0.267. The van der Waals surface area contributed by atoms with Gasteiger partial charge in [0.2, 0.25) is 0 Å². The number of nitrogens with zero attached hydrogens (tertiary/aromatic N) is 4. The number of anilines is 1. The van der Waals surface area contributed by atoms with Crippen LogP contribution in [0, 0.1) is 16.7 Å². The van der Waals surface area contributed by atoms with Crippen molar-refractivity contribution in [2.45, 2.75) is 77.0 Å². The van der Waals surface area contributed by atoms with E-state index in [4.69, 9.17) is 25.7 Å². The van der Waals surface area contributed by atoms with Gasteiger partial charge < -0.3 is 30.9 Å². The molecule has 220 valence electrons. The Morgan fingerprint density at radius 1 is 1.39 bits per heavy atom. The Kier molecular flexibility index (Phi) is 11.4. The molecule has 1 aromatic carbocycles. The van der Waals surface area contributed by atoms with Crippen LogP contribution >= 0.6 is 0 Å². The van der Waals surface area contributed by atoms with Crippen LogP contribution < -0.4 is 25.8 Å². The smallest absolute Gasteiger partial charge is 0.256 e. The van der Waals surface area contributed by atoms with Crippen molar-refractivity contribution in [1.29, 1.82) is 10.7 Å². The van der Waals surface area contributed by atoms with Crippen molar-refractivity contribution in [2.24, 2.45) is 10.7 Å². The largest absolute Gasteiger partial charge is 0.487 e. The molecule has 1 aliphatic rings. The molecule has 1 heterocycles. The zero-order valence-corrected chi connectivity index (χ0v) is 24.2. The summed E-state index contributed by atoms with van der Waals surface area (Å²) in [4.78, 5) is 4.47. The molecule has 3 rings (SSSR count). The summed E-state index contributed by atoms with van der Waals surface area (Å²) >= 11 is 0. The van der Waals surface area contributed by atoms with Gasteiger partial charge in [0.1, 0.15) is 29.4 Å². The van der Waals surface area contributed by atoms with Crippen molar-refractivity contribution in [3.63, 3.8) is 0 Å². The molecular weight excluding hydrogens is 520 g/mol. The van der Waals surface area contributed by atoms with E-state index in [0.717, 1.165) is 19.2 Å². The normalized spacial score (nSPS) is 15.2. The lowest BCUT2D eigenvalue weighted by atomic mass is 9.96. The number of aliphatic hydroxyl groups is 1. The minimum atomic E-state index is -0.843. The lowest BCUT2D eigenvalue weighted by molar-refractivity contribution is 0.0546. The van der Waals surface area contributed by atoms with Crippen LogP contribution in [0.4, 0.5) is 5.69 Å². The molecule has 0 aliphatic heterocycles. The van der Waals surface area contributed by atoms with Crippen LogP contribution in [0.15, 0.2) is 48.0 Å². The number of aliphatic imine (C=N–C) groups is 1. The number of aromatic nitrogens is 2. The van der Waals surface area contributed by atoms with Crippen LogP contribution in [0.25, 0.3) is 5.57 Å². The van der Waals surface area contributed by atoms with Crippen molar-refractivity contribution < 1.29 is 14.6 Å². The number of nitriles is 1. The van der Waals surface area contributed by atoms with Gasteiger partial charge in [0.15, 0.2) is 0 Å². The summed E-state index contributed by atoms with van der Waals surface area (Å²) in [5.41, 5.74) is 7.45. The van der Waals surface area contributed by atoms with Crippen LogP contribution in [0.5, 0.6) is 11.6 Å². The molecule has 1 saturated carbocycles. The van der Waals surface area contributed by atoms with Crippen LogP contribution in [0.3, 0.4) is 0 Å². The van der Waals surface area contributed by atoms with Gasteiger partial charge in [0.05, 0.1) is 42.9 Å². The van der Waals surface area contributed by atoms with Gasteiger partial charge in [-0.05, 0) is 51.3 Å². The lowest BCUT2D eigenvalue weighted by Gasteiger charge is -2.21. The highest BCUT2D eigenvalue weighted by molar-refractivity contribution is 6.10. The van der Waals surface area contributed by atoms with E-state index in [1.807, 2.05) is 17.8 Å². The maximum Gasteiger partial charge on any atom is 0.256 e. The van der Waals surface area contributed by atoms with E-state index in [0.29, 0.717) is 65.5 Å². The number of benzene rings is 1. The molecule has 11 heteroatoms. The molecular formula is C30H42N8O3. The Hall–Kier alpha value is -4.30. The second-order valence-electron chi connectivity index (χ2n) is 10.8. The summed E-state index contributed by atoms with van der Waals surface area (Å²) < 4.78 is 13.8. The fourth-order valence-electron chi connectivity index (χ4n) is 4.42. The highest BCUT2D eigenvalue weighted by atomic mass is 16.5. The fraction of sp³-hybridized carbons (Fsp3) is 0.467. The van der Waals surface area contributed by atoms with Crippen LogP contribution in [-0.4, -0.2) is 52.3 Å². The number of hydrogen-bond donors (Lipinski definition) is 5. The summed E-state index contributed by atoms with van der Waals surface area (Å²) in [7, 11) is 0. The van der Waals surface area contributed by atoms with Gasteiger partial charge in [-0.15, -0.1) is 5.10 Å². The Labute approximate surface area is 242 Å². The Bertz CT molecular complexity index is 1280. The van der Waals surface area contributed by atoms with Crippen molar-refractivity contribution in [2.75, 3.05) is 18.5 Å². The highest BCUT2D eigenvalue weighted by Gasteiger charge is 2.21. The monoisotopic (exact) mass is 562 g/mol. The maximum atomic E-state index is 10.1. The summed E-state index contributed by atoms with van der Waals surface area (Å²) in [6.07, 6.45) is 12.0. The number of ether oxygens (including phenoxy) is 2. The molecule has 0 unspecified atom stereocenters. The zero-order valence-electron chi connectivity index (χ0n) is 24.2. The van der Waals surface area contributed by atoms with E-state index in [1.54, 1.807) is 38.3 Å². The molecule has 6 N–H and O–H groups in total. The number of nitrogens with two attached hydrogens (primary N) is 1. The van der Waals surface area contributed by atoms with Crippen LogP contribution in [-0.2, 0) is 0 Å². The lowest BCUT2D eigenvalue weighted by Crippen LogP contribution is -2.27. The van der Waals surface area contributed by atoms with E-state index in [1.165, 1.54) is 25.5 Å². The van der Waals surface area contributed by atoms with Crippen LogP contribution in [0.2, 0.25) is 0 Å². The Balaban J connectivity index is 1.75. The molecule has 0 radical (unpaired) electrons. The van der Waals surface area contributed by atoms with Crippen molar-refractivity contribution in [3.8, 4) is 17.7 Å². The molecule has 11 nitrogen and oxygen atoms in total. The van der Waals surface area contributed by atoms with Gasteiger partial charge in [0, 0.05) is 24.4 Å². The molecule has 1 aromatic heterocycles. The van der Waals surface area contributed by atoms with Crippen molar-refractivity contribution in [3.05, 3.63) is 54.1 Å². The van der Waals surface area contributed by atoms with E-state index >= 15 is 0 Å². The highest BCUT2D eigenvalue weighted by Crippen LogP contribution is 2.32. The molecule has 1 fully saturated rings. The summed E-state index contributed by atoms with van der Waals surface area (Å²) in [6.45, 7) is 10.1. The van der Waals surface area contributed by atoms with Crippen molar-refractivity contribution in [1.82, 2.24) is 15.1 Å². The molecule has 1 atom stereocenters. The second kappa shape index (κ2) is 14.9.